The van der Waals surface area contributed by atoms with Crippen molar-refractivity contribution in [3.63, 3.8) is 0 Å². The fourth-order valence-electron chi connectivity index (χ4n) is 1.64. The average molecular weight is 541 g/mol. The third-order valence-corrected chi connectivity index (χ3v) is 4.44. The van der Waals surface area contributed by atoms with Gasteiger partial charge in [-0.1, -0.05) is 84.2 Å². The van der Waals surface area contributed by atoms with Gasteiger partial charge >= 0.3 is 0 Å². The second kappa shape index (κ2) is 11.7. The van der Waals surface area contributed by atoms with Gasteiger partial charge in [-0.3, -0.25) is 4.79 Å². The fourth-order valence-corrected chi connectivity index (χ4v) is 2.35. The zero-order chi connectivity index (χ0) is 20.5. The van der Waals surface area contributed by atoms with E-state index in [9.17, 15) is 4.79 Å². The van der Waals surface area contributed by atoms with E-state index in [0.717, 1.165) is 0 Å². The summed E-state index contributed by atoms with van der Waals surface area (Å²) in [7, 11) is 0. The van der Waals surface area contributed by atoms with Crippen LogP contribution in [0.5, 0.6) is 0 Å². The summed E-state index contributed by atoms with van der Waals surface area (Å²) >= 11 is 10.3. The van der Waals surface area contributed by atoms with Crippen LogP contribution < -0.4 is 0 Å². The zero-order valence-electron chi connectivity index (χ0n) is 17.0. The molecule has 0 radical (unpaired) electrons. The lowest BCUT2D eigenvalue weighted by Crippen LogP contribution is -2.19. The Bertz CT molecular complexity index is 541. The van der Waals surface area contributed by atoms with Gasteiger partial charge in [0.15, 0.2) is 0 Å². The van der Waals surface area contributed by atoms with Crippen molar-refractivity contribution in [2.75, 3.05) is 0 Å². The Kier molecular flexibility index (Phi) is 12.8. The van der Waals surface area contributed by atoms with Gasteiger partial charge in [-0.2, -0.15) is 0 Å². The highest BCUT2D eigenvalue weighted by Crippen LogP contribution is 2.31. The number of carbonyl (C=O) groups is 1. The first-order chi connectivity index (χ1) is 11.0. The number of hydrogen-bond acceptors (Lipinski definition) is 1. The van der Waals surface area contributed by atoms with E-state index >= 15 is 0 Å². The van der Waals surface area contributed by atoms with Crippen molar-refractivity contribution in [2.45, 2.75) is 75.3 Å². The quantitative estimate of drug-likeness (QED) is 0.279. The zero-order valence-corrected chi connectivity index (χ0v) is 21.8. The van der Waals surface area contributed by atoms with Gasteiger partial charge in [0.25, 0.3) is 0 Å². The van der Waals surface area contributed by atoms with Gasteiger partial charge in [0.1, 0.15) is 5.78 Å². The number of allylic oxidation sites excluding steroid dienone is 2. The first-order valence-corrected chi connectivity index (χ1v) is 10.7. The van der Waals surface area contributed by atoms with Crippen LogP contribution in [0.2, 0.25) is 0 Å². The molecule has 0 spiro atoms. The Balaban J connectivity index is 0. The molecule has 0 saturated heterocycles. The Morgan fingerprint density at radius 3 is 1.52 bits per heavy atom. The summed E-state index contributed by atoms with van der Waals surface area (Å²) in [5.74, 6) is 0.160. The number of hydrogen-bond donors (Lipinski definition) is 0. The third kappa shape index (κ3) is 16.0. The number of alkyl halides is 3. The molecule has 0 fully saturated rings. The molecule has 0 amide bonds. The van der Waals surface area contributed by atoms with Crippen LogP contribution in [0, 0.1) is 6.92 Å². The van der Waals surface area contributed by atoms with Crippen LogP contribution in [0.3, 0.4) is 0 Å². The lowest BCUT2D eigenvalue weighted by molar-refractivity contribution is -0.118. The van der Waals surface area contributed by atoms with Crippen LogP contribution in [-0.4, -0.2) is 14.4 Å². The maximum atomic E-state index is 10.4. The molecule has 0 aliphatic carbocycles. The summed E-state index contributed by atoms with van der Waals surface area (Å²) in [5, 5.41) is 0. The molecule has 0 atom stereocenters. The Morgan fingerprint density at radius 1 is 0.960 bits per heavy atom. The standard InChI is InChI=1S/C10H13Br.C6H11Br.C5H9BrO/c1-8-6-4-5-7-9(8)10(2,3)11;1-4-5-6(2,3)7;1-4(7)5(2,3)6/h4-7H,1-3H3;4-5H,1-3H3;1-3H3/b;5-4+;. The topological polar surface area (TPSA) is 17.1 Å². The molecule has 0 unspecified atom stereocenters. The molecule has 0 aromatic heterocycles. The van der Waals surface area contributed by atoms with Crippen molar-refractivity contribution >= 4 is 53.6 Å². The molecular formula is C21H33Br3O. The highest BCUT2D eigenvalue weighted by molar-refractivity contribution is 9.10. The van der Waals surface area contributed by atoms with Crippen LogP contribution in [0.15, 0.2) is 36.4 Å². The molecule has 0 aliphatic heterocycles. The minimum atomic E-state index is -0.326. The number of carbonyl (C=O) groups excluding carboxylic acids is 1. The molecule has 1 aromatic rings. The van der Waals surface area contributed by atoms with Gasteiger partial charge in [-0.05, 0) is 73.4 Å². The van der Waals surface area contributed by atoms with Gasteiger partial charge in [0.2, 0.25) is 0 Å². The third-order valence-electron chi connectivity index (χ3n) is 3.19. The summed E-state index contributed by atoms with van der Waals surface area (Å²) < 4.78 is -0.0485. The molecular weight excluding hydrogens is 508 g/mol. The average Bonchev–Trinajstić information content (AvgIpc) is 2.36. The Labute approximate surface area is 180 Å². The van der Waals surface area contributed by atoms with E-state index in [1.54, 1.807) is 6.92 Å². The molecule has 0 heterocycles. The van der Waals surface area contributed by atoms with E-state index in [1.807, 2.05) is 26.8 Å². The van der Waals surface area contributed by atoms with Crippen LogP contribution in [0.4, 0.5) is 0 Å². The molecule has 1 nitrogen and oxygen atoms in total. The maximum absolute atomic E-state index is 10.4. The molecule has 25 heavy (non-hydrogen) atoms. The van der Waals surface area contributed by atoms with Crippen molar-refractivity contribution < 1.29 is 4.79 Å². The smallest absolute Gasteiger partial charge is 0.145 e. The SMILES string of the molecule is C/C=C/C(C)(C)Br.CC(=O)C(C)(C)Br.Cc1ccccc1C(C)(C)Br. The van der Waals surface area contributed by atoms with Crippen LogP contribution >= 0.6 is 47.8 Å². The second-order valence-corrected chi connectivity index (χ2v) is 13.4. The Morgan fingerprint density at radius 2 is 1.36 bits per heavy atom. The molecule has 0 aliphatic rings. The van der Waals surface area contributed by atoms with Crippen molar-refractivity contribution in [3.05, 3.63) is 47.5 Å². The predicted molar refractivity (Wildman–Crippen MR) is 125 cm³/mol. The highest BCUT2D eigenvalue weighted by atomic mass is 79.9. The minimum absolute atomic E-state index is 0.0956. The summed E-state index contributed by atoms with van der Waals surface area (Å²) in [5.41, 5.74) is 2.70. The van der Waals surface area contributed by atoms with Gasteiger partial charge in [-0.15, -0.1) is 0 Å². The summed E-state index contributed by atoms with van der Waals surface area (Å²) in [4.78, 5) is 10.4. The highest BCUT2D eigenvalue weighted by Gasteiger charge is 2.17. The van der Waals surface area contributed by atoms with E-state index in [4.69, 9.17) is 0 Å². The molecule has 0 N–H and O–H groups in total. The fraction of sp³-hybridized carbons (Fsp3) is 0.571. The van der Waals surface area contributed by atoms with Crippen molar-refractivity contribution in [2.24, 2.45) is 0 Å². The van der Waals surface area contributed by atoms with Crippen LogP contribution in [0.25, 0.3) is 0 Å². The normalized spacial score (nSPS) is 12.0. The molecule has 1 rings (SSSR count). The summed E-state index contributed by atoms with van der Waals surface area (Å²) in [6, 6.07) is 8.44. The molecule has 144 valence electrons. The number of Topliss-reactive ketones (excluding diaryl/α,β-unsaturated/α-hetero) is 1. The number of rotatable bonds is 3. The number of halogens is 3. The monoisotopic (exact) mass is 538 g/mol. The van der Waals surface area contributed by atoms with E-state index in [2.05, 4.69) is 113 Å². The Hall–Kier alpha value is 0.0700. The van der Waals surface area contributed by atoms with E-state index < -0.39 is 0 Å². The first-order valence-electron chi connectivity index (χ1n) is 8.30. The molecule has 0 saturated carbocycles. The van der Waals surface area contributed by atoms with Crippen molar-refractivity contribution in [3.8, 4) is 0 Å². The lowest BCUT2D eigenvalue weighted by Gasteiger charge is -2.18. The number of benzene rings is 1. The van der Waals surface area contributed by atoms with Crippen molar-refractivity contribution in [1.29, 1.82) is 0 Å². The second-order valence-electron chi connectivity index (χ2n) is 7.38. The number of aryl methyl sites for hydroxylation is 1. The van der Waals surface area contributed by atoms with E-state index in [1.165, 1.54) is 11.1 Å². The summed E-state index contributed by atoms with van der Waals surface area (Å²) in [6.07, 6.45) is 4.14. The van der Waals surface area contributed by atoms with E-state index in [-0.39, 0.29) is 18.8 Å². The van der Waals surface area contributed by atoms with Gasteiger partial charge < -0.3 is 0 Å². The summed E-state index contributed by atoms with van der Waals surface area (Å²) in [6.45, 7) is 17.9. The molecule has 0 bridgehead atoms. The number of ketones is 1. The molecule has 1 aromatic carbocycles. The van der Waals surface area contributed by atoms with Crippen LogP contribution in [-0.2, 0) is 9.12 Å². The lowest BCUT2D eigenvalue weighted by atomic mass is 9.98. The molecule has 4 heteroatoms. The van der Waals surface area contributed by atoms with Gasteiger partial charge in [0, 0.05) is 8.65 Å². The van der Waals surface area contributed by atoms with E-state index in [0.29, 0.717) is 0 Å². The van der Waals surface area contributed by atoms with Gasteiger partial charge in [-0.25, -0.2) is 0 Å². The van der Waals surface area contributed by atoms with Gasteiger partial charge in [0.05, 0.1) is 4.32 Å². The largest absolute Gasteiger partial charge is 0.298 e. The first kappa shape index (κ1) is 27.3. The predicted octanol–water partition coefficient (Wildman–Crippen LogP) is 8.11. The maximum Gasteiger partial charge on any atom is 0.145 e. The van der Waals surface area contributed by atoms with Crippen molar-refractivity contribution in [1.82, 2.24) is 0 Å². The van der Waals surface area contributed by atoms with Crippen LogP contribution in [0.1, 0.15) is 66.5 Å². The minimum Gasteiger partial charge on any atom is -0.298 e.